The molecule has 0 radical (unpaired) electrons. The minimum atomic E-state index is -4.87. The molecule has 4 rings (SSSR count). The maximum Gasteiger partial charge on any atom is 0.573 e. The second-order valence-electron chi connectivity index (χ2n) is 6.98. The third-order valence-corrected chi connectivity index (χ3v) is 5.84. The first-order chi connectivity index (χ1) is 14.2. The van der Waals surface area contributed by atoms with Gasteiger partial charge < -0.3 is 14.5 Å². The Balaban J connectivity index is 1.72. The number of anilines is 1. The van der Waals surface area contributed by atoms with E-state index in [1.807, 2.05) is 17.3 Å². The number of carbonyl (C=O) groups excluding carboxylic acids is 2. The van der Waals surface area contributed by atoms with Crippen LogP contribution >= 0.6 is 11.3 Å². The first-order valence-corrected chi connectivity index (χ1v) is 10.1. The molecular formula is C20H18F3N3O3S. The lowest BCUT2D eigenvalue weighted by atomic mass is 10.1. The number of ether oxygens (including phenoxy) is 1. The van der Waals surface area contributed by atoms with Crippen molar-refractivity contribution >= 4 is 34.4 Å². The summed E-state index contributed by atoms with van der Waals surface area (Å²) in [5.41, 5.74) is 0.601. The van der Waals surface area contributed by atoms with Crippen LogP contribution in [0.15, 0.2) is 47.5 Å². The largest absolute Gasteiger partial charge is 0.573 e. The zero-order valence-corrected chi connectivity index (χ0v) is 16.8. The van der Waals surface area contributed by atoms with Gasteiger partial charge in [-0.25, -0.2) is 4.90 Å². The van der Waals surface area contributed by atoms with Gasteiger partial charge in [0.1, 0.15) is 11.4 Å². The van der Waals surface area contributed by atoms with Gasteiger partial charge in [0.25, 0.3) is 11.8 Å². The van der Waals surface area contributed by atoms with Gasteiger partial charge >= 0.3 is 6.36 Å². The quantitative estimate of drug-likeness (QED) is 0.688. The molecule has 1 fully saturated rings. The van der Waals surface area contributed by atoms with Crippen LogP contribution < -0.4 is 9.64 Å². The van der Waals surface area contributed by atoms with E-state index >= 15 is 0 Å². The van der Waals surface area contributed by atoms with Crippen LogP contribution in [0.3, 0.4) is 0 Å². The van der Waals surface area contributed by atoms with Crippen LogP contribution in [0, 0.1) is 0 Å². The predicted molar refractivity (Wildman–Crippen MR) is 106 cm³/mol. The Bertz CT molecular complexity index is 996. The number of benzene rings is 1. The molecule has 2 aliphatic rings. The molecule has 1 aromatic heterocycles. The van der Waals surface area contributed by atoms with Crippen molar-refractivity contribution in [1.29, 1.82) is 0 Å². The molecule has 2 aromatic rings. The Morgan fingerprint density at radius 1 is 1.00 bits per heavy atom. The van der Waals surface area contributed by atoms with Gasteiger partial charge in [-0.2, -0.15) is 0 Å². The molecule has 6 nitrogen and oxygen atoms in total. The fraction of sp³-hybridized carbons (Fsp3) is 0.300. The minimum Gasteiger partial charge on any atom is -0.406 e. The first kappa shape index (κ1) is 20.4. The lowest BCUT2D eigenvalue weighted by Crippen LogP contribution is -2.46. The molecule has 0 bridgehead atoms. The Hall–Kier alpha value is -2.85. The third-order valence-electron chi connectivity index (χ3n) is 4.96. The molecule has 0 saturated carbocycles. The molecule has 2 aliphatic heterocycles. The van der Waals surface area contributed by atoms with E-state index in [2.05, 4.69) is 9.64 Å². The average molecular weight is 437 g/mol. The molecule has 1 saturated heterocycles. The van der Waals surface area contributed by atoms with Crippen LogP contribution in [0.4, 0.5) is 18.9 Å². The molecule has 158 valence electrons. The smallest absolute Gasteiger partial charge is 0.406 e. The summed E-state index contributed by atoms with van der Waals surface area (Å²) in [6, 6.07) is 8.44. The number of amides is 2. The molecule has 0 unspecified atom stereocenters. The van der Waals surface area contributed by atoms with E-state index in [0.29, 0.717) is 18.0 Å². The topological polar surface area (TPSA) is 53.1 Å². The minimum absolute atomic E-state index is 0.0323. The molecule has 2 amide bonds. The lowest BCUT2D eigenvalue weighted by molar-refractivity contribution is -0.274. The van der Waals surface area contributed by atoms with Crippen LogP contribution in [0.5, 0.6) is 5.75 Å². The highest BCUT2D eigenvalue weighted by atomic mass is 32.1. The molecule has 0 atom stereocenters. The van der Waals surface area contributed by atoms with Crippen molar-refractivity contribution in [2.24, 2.45) is 0 Å². The third kappa shape index (κ3) is 3.92. The summed E-state index contributed by atoms with van der Waals surface area (Å²) < 4.78 is 41.8. The fourth-order valence-corrected chi connectivity index (χ4v) is 4.30. The normalized spacial score (nSPS) is 18.5. The number of hydrogen-bond donors (Lipinski definition) is 0. The van der Waals surface area contributed by atoms with Crippen molar-refractivity contribution in [1.82, 2.24) is 9.80 Å². The Morgan fingerprint density at radius 3 is 2.37 bits per heavy atom. The lowest BCUT2D eigenvalue weighted by Gasteiger charge is -2.34. The summed E-state index contributed by atoms with van der Waals surface area (Å²) in [5.74, 6) is -1.59. The molecule has 0 aliphatic carbocycles. The molecule has 10 heteroatoms. The summed E-state index contributed by atoms with van der Waals surface area (Å²) in [6.45, 7) is 2.62. The Morgan fingerprint density at radius 2 is 1.73 bits per heavy atom. The number of thiophene rings is 1. The van der Waals surface area contributed by atoms with Crippen LogP contribution in [-0.4, -0.2) is 61.2 Å². The molecule has 30 heavy (non-hydrogen) atoms. The van der Waals surface area contributed by atoms with Gasteiger partial charge in [0.2, 0.25) is 0 Å². The number of likely N-dealkylation sites (N-methyl/N-ethyl adjacent to an activating group) is 1. The summed E-state index contributed by atoms with van der Waals surface area (Å²) in [6.07, 6.45) is -4.87. The second kappa shape index (κ2) is 7.77. The zero-order chi connectivity index (χ0) is 21.5. The Kier molecular flexibility index (Phi) is 5.29. The van der Waals surface area contributed by atoms with Crippen molar-refractivity contribution in [3.8, 4) is 5.75 Å². The van der Waals surface area contributed by atoms with Crippen molar-refractivity contribution in [2.75, 3.05) is 38.1 Å². The number of imide groups is 1. The van der Waals surface area contributed by atoms with Crippen molar-refractivity contribution in [3.63, 3.8) is 0 Å². The van der Waals surface area contributed by atoms with E-state index in [1.54, 1.807) is 12.1 Å². The maximum absolute atomic E-state index is 13.3. The summed E-state index contributed by atoms with van der Waals surface area (Å²) in [7, 11) is 1.98. The molecule has 0 spiro atoms. The number of carbonyl (C=O) groups is 2. The van der Waals surface area contributed by atoms with Gasteiger partial charge in [-0.1, -0.05) is 12.1 Å². The van der Waals surface area contributed by atoms with E-state index in [0.717, 1.165) is 30.1 Å². The predicted octanol–water partition coefficient (Wildman–Crippen LogP) is 3.18. The zero-order valence-electron chi connectivity index (χ0n) is 16.0. The standard InChI is InChI=1S/C20H18F3N3O3S/c1-24-7-9-25(10-8-24)17-16(15-6-3-11-30-15)18(27)26(19(17)28)13-4-2-5-14(12-13)29-20(21,22)23/h2-6,11-12H,7-10H2,1H3. The van der Waals surface area contributed by atoms with E-state index in [4.69, 9.17) is 0 Å². The Labute approximate surface area is 174 Å². The number of alkyl halides is 3. The highest BCUT2D eigenvalue weighted by Crippen LogP contribution is 2.38. The molecular weight excluding hydrogens is 419 g/mol. The maximum atomic E-state index is 13.3. The number of nitrogens with zero attached hydrogens (tertiary/aromatic N) is 3. The summed E-state index contributed by atoms with van der Waals surface area (Å²) in [4.78, 5) is 32.2. The van der Waals surface area contributed by atoms with E-state index < -0.39 is 23.9 Å². The number of piperazine rings is 1. The van der Waals surface area contributed by atoms with Gasteiger partial charge in [0.05, 0.1) is 11.3 Å². The van der Waals surface area contributed by atoms with Crippen molar-refractivity contribution in [2.45, 2.75) is 6.36 Å². The van der Waals surface area contributed by atoms with Crippen LogP contribution in [0.25, 0.3) is 5.57 Å². The summed E-state index contributed by atoms with van der Waals surface area (Å²) >= 11 is 1.33. The SMILES string of the molecule is CN1CCN(C2=C(c3cccs3)C(=O)N(c3cccc(OC(F)(F)F)c3)C2=O)CC1. The van der Waals surface area contributed by atoms with Crippen molar-refractivity contribution in [3.05, 3.63) is 52.4 Å². The van der Waals surface area contributed by atoms with Crippen LogP contribution in [-0.2, 0) is 9.59 Å². The first-order valence-electron chi connectivity index (χ1n) is 9.21. The average Bonchev–Trinajstić information content (AvgIpc) is 3.27. The molecule has 0 N–H and O–H groups in total. The monoisotopic (exact) mass is 437 g/mol. The van der Waals surface area contributed by atoms with Gasteiger partial charge in [0.15, 0.2) is 0 Å². The van der Waals surface area contributed by atoms with Gasteiger partial charge in [-0.3, -0.25) is 9.59 Å². The van der Waals surface area contributed by atoms with Crippen molar-refractivity contribution < 1.29 is 27.5 Å². The highest BCUT2D eigenvalue weighted by Gasteiger charge is 2.43. The number of halogens is 3. The fourth-order valence-electron chi connectivity index (χ4n) is 3.54. The highest BCUT2D eigenvalue weighted by molar-refractivity contribution is 7.11. The molecule has 1 aromatic carbocycles. The van der Waals surface area contributed by atoms with Gasteiger partial charge in [-0.05, 0) is 30.6 Å². The van der Waals surface area contributed by atoms with Crippen LogP contribution in [0.2, 0.25) is 0 Å². The second-order valence-corrected chi connectivity index (χ2v) is 7.93. The van der Waals surface area contributed by atoms with E-state index in [-0.39, 0.29) is 17.0 Å². The number of rotatable bonds is 4. The van der Waals surface area contributed by atoms with E-state index in [9.17, 15) is 22.8 Å². The van der Waals surface area contributed by atoms with Gasteiger partial charge in [0, 0.05) is 37.1 Å². The summed E-state index contributed by atoms with van der Waals surface area (Å²) in [5, 5.41) is 1.81. The van der Waals surface area contributed by atoms with Crippen LogP contribution in [0.1, 0.15) is 4.88 Å². The van der Waals surface area contributed by atoms with E-state index in [1.165, 1.54) is 23.5 Å². The van der Waals surface area contributed by atoms with Gasteiger partial charge in [-0.15, -0.1) is 24.5 Å². The molecule has 3 heterocycles. The number of hydrogen-bond acceptors (Lipinski definition) is 6.